The zero-order valence-electron chi connectivity index (χ0n) is 12.0. The molecule has 3 N–H and O–H groups in total. The number of hydrogen-bond acceptors (Lipinski definition) is 5. The van der Waals surface area contributed by atoms with Gasteiger partial charge in [0.2, 0.25) is 5.91 Å². The molecule has 3 rings (SSSR count). The van der Waals surface area contributed by atoms with Crippen LogP contribution in [0.4, 0.5) is 0 Å². The van der Waals surface area contributed by atoms with Gasteiger partial charge in [-0.05, 0) is 24.6 Å². The summed E-state index contributed by atoms with van der Waals surface area (Å²) in [6, 6.07) is 5.36. The number of benzene rings is 1. The number of ether oxygens (including phenoxy) is 3. The van der Waals surface area contributed by atoms with E-state index in [-0.39, 0.29) is 23.9 Å². The highest BCUT2D eigenvalue weighted by Gasteiger charge is 2.32. The van der Waals surface area contributed by atoms with Gasteiger partial charge in [-0.25, -0.2) is 0 Å². The first-order valence-corrected chi connectivity index (χ1v) is 7.18. The van der Waals surface area contributed by atoms with Crippen molar-refractivity contribution >= 4 is 5.91 Å². The summed E-state index contributed by atoms with van der Waals surface area (Å²) in [6.07, 6.45) is 0. The second kappa shape index (κ2) is 5.91. The van der Waals surface area contributed by atoms with E-state index in [0.717, 1.165) is 17.1 Å². The average molecular weight is 292 g/mol. The highest BCUT2D eigenvalue weighted by molar-refractivity contribution is 5.80. The molecule has 2 aliphatic rings. The number of nitrogens with two attached hydrogens (primary N) is 1. The molecule has 1 amide bonds. The van der Waals surface area contributed by atoms with E-state index in [9.17, 15) is 4.79 Å². The minimum Gasteiger partial charge on any atom is -0.486 e. The largest absolute Gasteiger partial charge is 0.486 e. The van der Waals surface area contributed by atoms with Crippen molar-refractivity contribution in [3.05, 3.63) is 23.8 Å². The lowest BCUT2D eigenvalue weighted by molar-refractivity contribution is -0.125. The SMILES string of the molecule is CC(NC(=O)C1COCC1N)c1ccc2c(c1)OCCO2. The Labute approximate surface area is 123 Å². The van der Waals surface area contributed by atoms with E-state index < -0.39 is 0 Å². The van der Waals surface area contributed by atoms with Crippen LogP contribution in [0.1, 0.15) is 18.5 Å². The molecule has 6 heteroatoms. The van der Waals surface area contributed by atoms with Crippen LogP contribution in [0.25, 0.3) is 0 Å². The Morgan fingerprint density at radius 3 is 2.76 bits per heavy atom. The van der Waals surface area contributed by atoms with Gasteiger partial charge in [0.05, 0.1) is 25.2 Å². The van der Waals surface area contributed by atoms with Crippen LogP contribution in [-0.2, 0) is 9.53 Å². The summed E-state index contributed by atoms with van der Waals surface area (Å²) in [6.45, 7) is 3.88. The minimum atomic E-state index is -0.273. The number of fused-ring (bicyclic) bond motifs is 1. The number of hydrogen-bond donors (Lipinski definition) is 2. The predicted octanol–water partition coefficient (Wildman–Crippen LogP) is 0.609. The van der Waals surface area contributed by atoms with Crippen molar-refractivity contribution in [1.29, 1.82) is 0 Å². The standard InChI is InChI=1S/C15H20N2O4/c1-9(17-15(18)11-7-19-8-12(11)16)10-2-3-13-14(6-10)21-5-4-20-13/h2-3,6,9,11-12H,4-5,7-8,16H2,1H3,(H,17,18). The number of amides is 1. The maximum atomic E-state index is 12.2. The lowest BCUT2D eigenvalue weighted by atomic mass is 10.0. The molecule has 2 heterocycles. The van der Waals surface area contributed by atoms with Crippen LogP contribution in [0.2, 0.25) is 0 Å². The molecule has 3 unspecified atom stereocenters. The Bertz CT molecular complexity index is 534. The van der Waals surface area contributed by atoms with Crippen LogP contribution < -0.4 is 20.5 Å². The Kier molecular flexibility index (Phi) is 3.98. The molecule has 1 aromatic carbocycles. The first-order valence-electron chi connectivity index (χ1n) is 7.18. The van der Waals surface area contributed by atoms with Crippen LogP contribution >= 0.6 is 0 Å². The lowest BCUT2D eigenvalue weighted by Crippen LogP contribution is -2.41. The molecular formula is C15H20N2O4. The summed E-state index contributed by atoms with van der Waals surface area (Å²) in [7, 11) is 0. The molecule has 3 atom stereocenters. The highest BCUT2D eigenvalue weighted by atomic mass is 16.6. The summed E-state index contributed by atoms with van der Waals surface area (Å²) < 4.78 is 16.3. The van der Waals surface area contributed by atoms with Crippen molar-refractivity contribution in [3.8, 4) is 11.5 Å². The fraction of sp³-hybridized carbons (Fsp3) is 0.533. The maximum Gasteiger partial charge on any atom is 0.227 e. The average Bonchev–Trinajstić information content (AvgIpc) is 2.93. The third kappa shape index (κ3) is 2.96. The van der Waals surface area contributed by atoms with Gasteiger partial charge in [-0.2, -0.15) is 0 Å². The Hall–Kier alpha value is -1.79. The quantitative estimate of drug-likeness (QED) is 0.853. The van der Waals surface area contributed by atoms with Gasteiger partial charge >= 0.3 is 0 Å². The zero-order chi connectivity index (χ0) is 14.8. The molecule has 0 radical (unpaired) electrons. The van der Waals surface area contributed by atoms with Crippen molar-refractivity contribution < 1.29 is 19.0 Å². The van der Waals surface area contributed by atoms with Crippen LogP contribution in [0, 0.1) is 5.92 Å². The van der Waals surface area contributed by atoms with Crippen LogP contribution in [0.3, 0.4) is 0 Å². The van der Waals surface area contributed by atoms with Gasteiger partial charge in [0.1, 0.15) is 13.2 Å². The molecule has 0 spiro atoms. The Morgan fingerprint density at radius 2 is 2.05 bits per heavy atom. The Morgan fingerprint density at radius 1 is 1.29 bits per heavy atom. The van der Waals surface area contributed by atoms with Crippen molar-refractivity contribution in [2.24, 2.45) is 11.7 Å². The Balaban J connectivity index is 1.67. The maximum absolute atomic E-state index is 12.2. The van der Waals surface area contributed by atoms with E-state index in [2.05, 4.69) is 5.32 Å². The normalized spacial score (nSPS) is 25.4. The fourth-order valence-corrected chi connectivity index (χ4v) is 2.57. The van der Waals surface area contributed by atoms with Crippen molar-refractivity contribution in [1.82, 2.24) is 5.32 Å². The summed E-state index contributed by atoms with van der Waals surface area (Å²) in [5.41, 5.74) is 6.84. The molecule has 2 aliphatic heterocycles. The molecule has 1 fully saturated rings. The molecule has 0 bridgehead atoms. The van der Waals surface area contributed by atoms with E-state index in [0.29, 0.717) is 26.4 Å². The lowest BCUT2D eigenvalue weighted by Gasteiger charge is -2.22. The summed E-state index contributed by atoms with van der Waals surface area (Å²) in [5.74, 6) is 1.13. The van der Waals surface area contributed by atoms with Gasteiger partial charge in [0.25, 0.3) is 0 Å². The fourth-order valence-electron chi connectivity index (χ4n) is 2.57. The smallest absolute Gasteiger partial charge is 0.227 e. The monoisotopic (exact) mass is 292 g/mol. The van der Waals surface area contributed by atoms with Gasteiger partial charge in [0.15, 0.2) is 11.5 Å². The van der Waals surface area contributed by atoms with E-state index in [1.54, 1.807) is 0 Å². The second-order valence-electron chi connectivity index (χ2n) is 5.44. The van der Waals surface area contributed by atoms with Gasteiger partial charge in [0, 0.05) is 6.04 Å². The summed E-state index contributed by atoms with van der Waals surface area (Å²) in [5, 5.41) is 2.98. The second-order valence-corrected chi connectivity index (χ2v) is 5.44. The molecule has 0 saturated carbocycles. The number of carbonyl (C=O) groups is 1. The molecule has 1 saturated heterocycles. The van der Waals surface area contributed by atoms with E-state index in [1.165, 1.54) is 0 Å². The molecule has 6 nitrogen and oxygen atoms in total. The topological polar surface area (TPSA) is 82.8 Å². The summed E-state index contributed by atoms with van der Waals surface area (Å²) in [4.78, 5) is 12.2. The first-order chi connectivity index (χ1) is 10.1. The molecule has 21 heavy (non-hydrogen) atoms. The van der Waals surface area contributed by atoms with Gasteiger partial charge < -0.3 is 25.3 Å². The number of carbonyl (C=O) groups excluding carboxylic acids is 1. The third-order valence-electron chi connectivity index (χ3n) is 3.89. The van der Waals surface area contributed by atoms with Crippen molar-refractivity contribution in [3.63, 3.8) is 0 Å². The van der Waals surface area contributed by atoms with Gasteiger partial charge in [-0.1, -0.05) is 6.07 Å². The van der Waals surface area contributed by atoms with Crippen molar-refractivity contribution in [2.45, 2.75) is 19.0 Å². The zero-order valence-corrected chi connectivity index (χ0v) is 12.0. The predicted molar refractivity (Wildman–Crippen MR) is 76.3 cm³/mol. The molecule has 1 aromatic rings. The minimum absolute atomic E-state index is 0.0672. The van der Waals surface area contributed by atoms with E-state index >= 15 is 0 Å². The first kappa shape index (κ1) is 14.2. The van der Waals surface area contributed by atoms with Crippen LogP contribution in [0.15, 0.2) is 18.2 Å². The number of rotatable bonds is 3. The molecule has 0 aromatic heterocycles. The molecular weight excluding hydrogens is 272 g/mol. The van der Waals surface area contributed by atoms with E-state index in [4.69, 9.17) is 19.9 Å². The molecule has 0 aliphatic carbocycles. The van der Waals surface area contributed by atoms with Gasteiger partial charge in [-0.3, -0.25) is 4.79 Å². The molecule has 114 valence electrons. The van der Waals surface area contributed by atoms with Crippen molar-refractivity contribution in [2.75, 3.05) is 26.4 Å². The number of nitrogens with one attached hydrogen (secondary N) is 1. The third-order valence-corrected chi connectivity index (χ3v) is 3.89. The van der Waals surface area contributed by atoms with E-state index in [1.807, 2.05) is 25.1 Å². The summed E-state index contributed by atoms with van der Waals surface area (Å²) >= 11 is 0. The highest BCUT2D eigenvalue weighted by Crippen LogP contribution is 2.32. The van der Waals surface area contributed by atoms with Gasteiger partial charge in [-0.15, -0.1) is 0 Å². The van der Waals surface area contributed by atoms with Crippen LogP contribution in [-0.4, -0.2) is 38.4 Å². The van der Waals surface area contributed by atoms with Crippen LogP contribution in [0.5, 0.6) is 11.5 Å².